The lowest BCUT2D eigenvalue weighted by molar-refractivity contribution is 0.414. The third-order valence-electron chi connectivity index (χ3n) is 4.51. The lowest BCUT2D eigenvalue weighted by atomic mass is 10.1. The van der Waals surface area contributed by atoms with Gasteiger partial charge < -0.3 is 9.72 Å². The summed E-state index contributed by atoms with van der Waals surface area (Å²) >= 11 is 0. The van der Waals surface area contributed by atoms with E-state index in [9.17, 15) is 0 Å². The van der Waals surface area contributed by atoms with Crippen LogP contribution in [0.1, 0.15) is 76.8 Å². The first-order valence-electron chi connectivity index (χ1n) is 9.52. The topological polar surface area (TPSA) is 37.4 Å². The summed E-state index contributed by atoms with van der Waals surface area (Å²) in [6.45, 7) is 2.27. The van der Waals surface area contributed by atoms with Crippen LogP contribution >= 0.6 is 0 Å². The molecule has 1 aromatic rings. The fourth-order valence-corrected chi connectivity index (χ4v) is 3.07. The number of unbranched alkanes of at least 4 members (excludes halogenated alkanes) is 8. The van der Waals surface area contributed by atoms with E-state index in [0.29, 0.717) is 0 Å². The van der Waals surface area contributed by atoms with E-state index in [0.717, 1.165) is 23.6 Å². The van der Waals surface area contributed by atoms with Gasteiger partial charge in [0.2, 0.25) is 0 Å². The second-order valence-electron chi connectivity index (χ2n) is 6.54. The molecular formula is C21H32N2O. The smallest absolute Gasteiger partial charge is 0.143 e. The van der Waals surface area contributed by atoms with E-state index in [-0.39, 0.29) is 0 Å². The van der Waals surface area contributed by atoms with E-state index in [4.69, 9.17) is 9.73 Å². The van der Waals surface area contributed by atoms with Crippen molar-refractivity contribution in [1.82, 2.24) is 4.98 Å². The summed E-state index contributed by atoms with van der Waals surface area (Å²) in [5.41, 5.74) is 3.18. The van der Waals surface area contributed by atoms with Crippen LogP contribution in [0.2, 0.25) is 0 Å². The quantitative estimate of drug-likeness (QED) is 0.449. The van der Waals surface area contributed by atoms with Gasteiger partial charge in [-0.2, -0.15) is 0 Å². The first kappa shape index (κ1) is 18.6. The summed E-state index contributed by atoms with van der Waals surface area (Å²) in [6.07, 6.45) is 21.6. The minimum atomic E-state index is 0.860. The number of methoxy groups -OCH3 is 1. The lowest BCUT2D eigenvalue weighted by Crippen LogP contribution is -1.90. The van der Waals surface area contributed by atoms with E-state index in [1.54, 1.807) is 7.11 Å². The zero-order valence-electron chi connectivity index (χ0n) is 15.3. The number of nitrogens with one attached hydrogen (secondary N) is 1. The highest BCUT2D eigenvalue weighted by molar-refractivity contribution is 5.99. The molecule has 0 aromatic carbocycles. The summed E-state index contributed by atoms with van der Waals surface area (Å²) in [5.74, 6) is 0.860. The molecule has 0 radical (unpaired) electrons. The van der Waals surface area contributed by atoms with Gasteiger partial charge >= 0.3 is 0 Å². The standard InChI is InChI=1S/C21H32N2O/c1-3-4-5-6-7-8-9-10-11-12-18-13-14-19(23-18)17-20-21(24-2)15-16-22-20/h13-17,22H,3-12H2,1-2H3. The SMILES string of the molecule is CCCCCCCCCCCC1=NC(=Cc2[nH]ccc2OC)C=C1. The Balaban J connectivity index is 1.62. The van der Waals surface area contributed by atoms with Gasteiger partial charge in [0.1, 0.15) is 5.75 Å². The number of ether oxygens (including phenoxy) is 1. The van der Waals surface area contributed by atoms with Crippen molar-refractivity contribution in [2.45, 2.75) is 71.1 Å². The monoisotopic (exact) mass is 328 g/mol. The predicted molar refractivity (Wildman–Crippen MR) is 104 cm³/mol. The van der Waals surface area contributed by atoms with E-state index in [1.165, 1.54) is 63.5 Å². The molecule has 0 saturated heterocycles. The molecule has 1 aliphatic heterocycles. The first-order chi connectivity index (χ1) is 11.8. The summed E-state index contributed by atoms with van der Waals surface area (Å²) in [6, 6.07) is 1.93. The van der Waals surface area contributed by atoms with Crippen LogP contribution in [0.5, 0.6) is 5.75 Å². The number of aromatic nitrogens is 1. The summed E-state index contributed by atoms with van der Waals surface area (Å²) < 4.78 is 5.31. The maximum atomic E-state index is 5.31. The molecule has 1 aliphatic rings. The summed E-state index contributed by atoms with van der Waals surface area (Å²) in [4.78, 5) is 7.88. The maximum absolute atomic E-state index is 5.31. The van der Waals surface area contributed by atoms with Crippen molar-refractivity contribution in [2.24, 2.45) is 4.99 Å². The van der Waals surface area contributed by atoms with Gasteiger partial charge in [-0.3, -0.25) is 4.99 Å². The molecule has 1 N–H and O–H groups in total. The van der Waals surface area contributed by atoms with Crippen LogP contribution in [-0.4, -0.2) is 17.8 Å². The Morgan fingerprint density at radius 1 is 1.00 bits per heavy atom. The molecule has 0 bridgehead atoms. The average Bonchev–Trinajstić information content (AvgIpc) is 3.23. The van der Waals surface area contributed by atoms with Crippen LogP contribution in [0.25, 0.3) is 6.08 Å². The van der Waals surface area contributed by atoms with Crippen molar-refractivity contribution in [2.75, 3.05) is 7.11 Å². The van der Waals surface area contributed by atoms with E-state index >= 15 is 0 Å². The number of hydrogen-bond acceptors (Lipinski definition) is 2. The van der Waals surface area contributed by atoms with Crippen molar-refractivity contribution in [3.05, 3.63) is 35.8 Å². The molecule has 0 unspecified atom stereocenters. The number of hydrogen-bond donors (Lipinski definition) is 1. The highest BCUT2D eigenvalue weighted by Crippen LogP contribution is 2.22. The molecule has 1 aromatic heterocycles. The van der Waals surface area contributed by atoms with Gasteiger partial charge in [-0.1, -0.05) is 58.3 Å². The number of rotatable bonds is 12. The third kappa shape index (κ3) is 6.38. The van der Waals surface area contributed by atoms with Crippen LogP contribution in [-0.2, 0) is 0 Å². The predicted octanol–water partition coefficient (Wildman–Crippen LogP) is 6.30. The fourth-order valence-electron chi connectivity index (χ4n) is 3.07. The number of aliphatic imine (C=N–C) groups is 1. The molecule has 24 heavy (non-hydrogen) atoms. The largest absolute Gasteiger partial charge is 0.495 e. The van der Waals surface area contributed by atoms with Crippen molar-refractivity contribution >= 4 is 11.8 Å². The fraction of sp³-hybridized carbons (Fsp3) is 0.571. The van der Waals surface area contributed by atoms with Crippen molar-refractivity contribution in [3.8, 4) is 5.75 Å². The van der Waals surface area contributed by atoms with E-state index < -0.39 is 0 Å². The Bertz CT molecular complexity index is 566. The molecule has 132 valence electrons. The Morgan fingerprint density at radius 2 is 1.71 bits per heavy atom. The molecule has 2 heterocycles. The van der Waals surface area contributed by atoms with Gasteiger partial charge in [-0.25, -0.2) is 0 Å². The Morgan fingerprint density at radius 3 is 2.42 bits per heavy atom. The number of H-pyrrole nitrogens is 1. The highest BCUT2D eigenvalue weighted by Gasteiger charge is 2.07. The molecule has 3 heteroatoms. The maximum Gasteiger partial charge on any atom is 0.143 e. The highest BCUT2D eigenvalue weighted by atomic mass is 16.5. The van der Waals surface area contributed by atoms with Crippen molar-refractivity contribution in [1.29, 1.82) is 0 Å². The van der Waals surface area contributed by atoms with Crippen LogP contribution in [0.4, 0.5) is 0 Å². The van der Waals surface area contributed by atoms with E-state index in [1.807, 2.05) is 18.3 Å². The van der Waals surface area contributed by atoms with Gasteiger partial charge in [-0.15, -0.1) is 0 Å². The van der Waals surface area contributed by atoms with Crippen LogP contribution < -0.4 is 4.74 Å². The number of nitrogens with zero attached hydrogens (tertiary/aromatic N) is 1. The molecule has 3 nitrogen and oxygen atoms in total. The molecule has 0 spiro atoms. The van der Waals surface area contributed by atoms with Crippen LogP contribution in [0, 0.1) is 0 Å². The second kappa shape index (κ2) is 10.9. The molecule has 0 amide bonds. The van der Waals surface area contributed by atoms with Crippen LogP contribution in [0.3, 0.4) is 0 Å². The van der Waals surface area contributed by atoms with Gasteiger partial charge in [-0.05, 0) is 37.1 Å². The van der Waals surface area contributed by atoms with Crippen molar-refractivity contribution in [3.63, 3.8) is 0 Å². The molecule has 0 fully saturated rings. The average molecular weight is 329 g/mol. The molecular weight excluding hydrogens is 296 g/mol. The second-order valence-corrected chi connectivity index (χ2v) is 6.54. The molecule has 0 aliphatic carbocycles. The van der Waals surface area contributed by atoms with Gasteiger partial charge in [0.05, 0.1) is 18.5 Å². The summed E-state index contributed by atoms with van der Waals surface area (Å²) in [7, 11) is 1.69. The minimum Gasteiger partial charge on any atom is -0.495 e. The third-order valence-corrected chi connectivity index (χ3v) is 4.51. The Hall–Kier alpha value is -1.77. The lowest BCUT2D eigenvalue weighted by Gasteiger charge is -2.01. The van der Waals surface area contributed by atoms with Gasteiger partial charge in [0.25, 0.3) is 0 Å². The molecule has 0 atom stereocenters. The van der Waals surface area contributed by atoms with Gasteiger partial charge in [0.15, 0.2) is 0 Å². The Kier molecular flexibility index (Phi) is 8.43. The van der Waals surface area contributed by atoms with Crippen LogP contribution in [0.15, 0.2) is 35.1 Å². The van der Waals surface area contributed by atoms with E-state index in [2.05, 4.69) is 24.1 Å². The van der Waals surface area contributed by atoms with Crippen molar-refractivity contribution < 1.29 is 4.74 Å². The first-order valence-corrected chi connectivity index (χ1v) is 9.52. The Labute approximate surface area is 146 Å². The zero-order valence-corrected chi connectivity index (χ0v) is 15.3. The summed E-state index contributed by atoms with van der Waals surface area (Å²) in [5, 5.41) is 0. The number of allylic oxidation sites excluding steroid dienone is 2. The minimum absolute atomic E-state index is 0.860. The molecule has 2 rings (SSSR count). The molecule has 0 saturated carbocycles. The zero-order chi connectivity index (χ0) is 17.0. The van der Waals surface area contributed by atoms with Gasteiger partial charge in [0, 0.05) is 11.9 Å². The normalized spacial score (nSPS) is 15.2. The number of aromatic amines is 1.